The second kappa shape index (κ2) is 10.0. The Morgan fingerprint density at radius 1 is 1.31 bits per heavy atom. The summed E-state index contributed by atoms with van der Waals surface area (Å²) in [5.74, 6) is -0.734. The van der Waals surface area contributed by atoms with Crippen molar-refractivity contribution in [3.8, 4) is 5.75 Å². The van der Waals surface area contributed by atoms with Crippen LogP contribution in [-0.4, -0.2) is 40.1 Å². The number of nitrogen functional groups attached to an aromatic ring is 1. The highest BCUT2D eigenvalue weighted by atomic mass is 35.5. The first-order chi connectivity index (χ1) is 16.6. The Bertz CT molecular complexity index is 1310. The molecule has 0 spiro atoms. The maximum atomic E-state index is 14.0. The zero-order chi connectivity index (χ0) is 25.4. The molecular formula is C25H26Cl2FN3O4. The Balaban J connectivity index is 1.62. The van der Waals surface area contributed by atoms with Crippen molar-refractivity contribution in [3.05, 3.63) is 57.7 Å². The number of ether oxygens (including phenoxy) is 1. The molecular weight excluding hydrogens is 496 g/mol. The molecule has 7 nitrogen and oxygen atoms in total. The Labute approximate surface area is 212 Å². The van der Waals surface area contributed by atoms with E-state index in [1.807, 2.05) is 6.08 Å². The number of amides is 1. The van der Waals surface area contributed by atoms with Gasteiger partial charge in [-0.25, -0.2) is 9.37 Å². The quantitative estimate of drug-likeness (QED) is 0.407. The number of anilines is 1. The lowest BCUT2D eigenvalue weighted by Gasteiger charge is -2.29. The van der Waals surface area contributed by atoms with Crippen molar-refractivity contribution in [2.75, 3.05) is 18.8 Å². The number of aromatic nitrogens is 1. The third-order valence-electron chi connectivity index (χ3n) is 6.13. The van der Waals surface area contributed by atoms with Gasteiger partial charge in [0, 0.05) is 35.4 Å². The van der Waals surface area contributed by atoms with Crippen LogP contribution in [0.15, 0.2) is 35.1 Å². The maximum Gasteiger partial charge on any atom is 0.251 e. The van der Waals surface area contributed by atoms with Gasteiger partial charge >= 0.3 is 0 Å². The van der Waals surface area contributed by atoms with Crippen LogP contribution >= 0.6 is 23.2 Å². The topological polar surface area (TPSA) is 102 Å². The van der Waals surface area contributed by atoms with Gasteiger partial charge in [0.15, 0.2) is 11.4 Å². The smallest absolute Gasteiger partial charge is 0.251 e. The van der Waals surface area contributed by atoms with Gasteiger partial charge in [-0.15, -0.1) is 0 Å². The van der Waals surface area contributed by atoms with Crippen LogP contribution in [0.1, 0.15) is 44.4 Å². The molecule has 2 atom stereocenters. The number of hydrogen-bond donors (Lipinski definition) is 2. The Morgan fingerprint density at radius 3 is 2.71 bits per heavy atom. The fourth-order valence-corrected chi connectivity index (χ4v) is 4.76. The Morgan fingerprint density at radius 2 is 2.06 bits per heavy atom. The van der Waals surface area contributed by atoms with E-state index in [0.29, 0.717) is 36.0 Å². The van der Waals surface area contributed by atoms with E-state index in [0.717, 1.165) is 11.1 Å². The molecule has 3 N–H and O–H groups in total. The Hall–Kier alpha value is -2.81. The molecule has 1 amide bonds. The summed E-state index contributed by atoms with van der Waals surface area (Å²) in [5.41, 5.74) is 8.56. The number of nitrogens with two attached hydrogens (primary N) is 1. The highest BCUT2D eigenvalue weighted by molar-refractivity contribution is 6.36. The standard InChI is InChI=1S/C25H26Cl2FN3O4/c1-12(2)21(32)25(33)31-8-6-14(7-9-31)16-11-34-22-15(16)10-30-24(29)23(22)35-13(3)19-17(26)4-5-18(28)20(19)27/h4-6,10-13,21,32H,7-9H2,1-3H3,(H2,29,30). The molecule has 0 saturated carbocycles. The fourth-order valence-electron chi connectivity index (χ4n) is 4.08. The van der Waals surface area contributed by atoms with Crippen LogP contribution in [0.2, 0.25) is 10.0 Å². The summed E-state index contributed by atoms with van der Waals surface area (Å²) in [6.07, 6.45) is 3.95. The third kappa shape index (κ3) is 4.83. The summed E-state index contributed by atoms with van der Waals surface area (Å²) in [4.78, 5) is 18.4. The molecule has 1 aliphatic heterocycles. The molecule has 35 heavy (non-hydrogen) atoms. The van der Waals surface area contributed by atoms with Crippen molar-refractivity contribution in [2.24, 2.45) is 5.92 Å². The van der Waals surface area contributed by atoms with E-state index in [4.69, 9.17) is 38.1 Å². The molecule has 0 aliphatic carbocycles. The average molecular weight is 522 g/mol. The van der Waals surface area contributed by atoms with Gasteiger partial charge < -0.3 is 24.9 Å². The number of hydrogen-bond acceptors (Lipinski definition) is 6. The monoisotopic (exact) mass is 521 g/mol. The van der Waals surface area contributed by atoms with E-state index >= 15 is 0 Å². The van der Waals surface area contributed by atoms with Crippen LogP contribution in [0, 0.1) is 11.7 Å². The van der Waals surface area contributed by atoms with Gasteiger partial charge in [-0.2, -0.15) is 0 Å². The van der Waals surface area contributed by atoms with Gasteiger partial charge in [-0.3, -0.25) is 4.79 Å². The number of pyridine rings is 1. The van der Waals surface area contributed by atoms with Crippen LogP contribution in [0.4, 0.5) is 10.2 Å². The van der Waals surface area contributed by atoms with Gasteiger partial charge in [0.1, 0.15) is 18.0 Å². The van der Waals surface area contributed by atoms with Gasteiger partial charge in [0.05, 0.1) is 16.7 Å². The summed E-state index contributed by atoms with van der Waals surface area (Å²) in [6, 6.07) is 2.60. The van der Waals surface area contributed by atoms with Crippen LogP contribution in [0.5, 0.6) is 5.75 Å². The molecule has 0 radical (unpaired) electrons. The molecule has 3 heterocycles. The molecule has 4 rings (SSSR count). The number of aliphatic hydroxyl groups excluding tert-OH is 1. The van der Waals surface area contributed by atoms with E-state index in [1.165, 1.54) is 12.1 Å². The number of carbonyl (C=O) groups is 1. The van der Waals surface area contributed by atoms with E-state index in [1.54, 1.807) is 38.1 Å². The van der Waals surface area contributed by atoms with Crippen LogP contribution in [-0.2, 0) is 4.79 Å². The molecule has 3 aromatic rings. The number of fused-ring (bicyclic) bond motifs is 1. The van der Waals surface area contributed by atoms with E-state index in [2.05, 4.69) is 4.98 Å². The van der Waals surface area contributed by atoms with Crippen LogP contribution in [0.3, 0.4) is 0 Å². The molecule has 0 saturated heterocycles. The molecule has 0 fully saturated rings. The van der Waals surface area contributed by atoms with Crippen molar-refractivity contribution in [1.29, 1.82) is 0 Å². The lowest BCUT2D eigenvalue weighted by Crippen LogP contribution is -2.43. The van der Waals surface area contributed by atoms with Gasteiger partial charge in [-0.1, -0.05) is 43.1 Å². The number of rotatable bonds is 6. The Kier molecular flexibility index (Phi) is 7.26. The zero-order valence-corrected chi connectivity index (χ0v) is 21.0. The molecule has 186 valence electrons. The first-order valence-corrected chi connectivity index (χ1v) is 12.0. The predicted octanol–water partition coefficient (Wildman–Crippen LogP) is 5.63. The minimum atomic E-state index is -1.02. The first-order valence-electron chi connectivity index (χ1n) is 11.2. The summed E-state index contributed by atoms with van der Waals surface area (Å²) >= 11 is 12.4. The summed E-state index contributed by atoms with van der Waals surface area (Å²) in [5, 5.41) is 10.9. The molecule has 10 heteroatoms. The number of furan rings is 1. The van der Waals surface area contributed by atoms with E-state index < -0.39 is 18.0 Å². The molecule has 2 unspecified atom stereocenters. The van der Waals surface area contributed by atoms with E-state index in [-0.39, 0.29) is 33.4 Å². The van der Waals surface area contributed by atoms with Crippen LogP contribution in [0.25, 0.3) is 16.5 Å². The van der Waals surface area contributed by atoms with E-state index in [9.17, 15) is 14.3 Å². The highest BCUT2D eigenvalue weighted by Crippen LogP contribution is 2.41. The predicted molar refractivity (Wildman–Crippen MR) is 134 cm³/mol. The zero-order valence-electron chi connectivity index (χ0n) is 19.5. The summed E-state index contributed by atoms with van der Waals surface area (Å²) in [6.45, 7) is 6.14. The normalized spacial score (nSPS) is 15.9. The minimum Gasteiger partial charge on any atom is -0.478 e. The van der Waals surface area contributed by atoms with Crippen molar-refractivity contribution >= 4 is 51.5 Å². The van der Waals surface area contributed by atoms with Crippen molar-refractivity contribution < 1.29 is 23.4 Å². The second-order valence-corrected chi connectivity index (χ2v) is 9.62. The fraction of sp³-hybridized carbons (Fsp3) is 0.360. The van der Waals surface area contributed by atoms with Crippen molar-refractivity contribution in [3.63, 3.8) is 0 Å². The number of halogens is 3. The third-order valence-corrected chi connectivity index (χ3v) is 6.85. The largest absolute Gasteiger partial charge is 0.478 e. The lowest BCUT2D eigenvalue weighted by atomic mass is 9.98. The first kappa shape index (κ1) is 25.3. The minimum absolute atomic E-state index is 0.103. The van der Waals surface area contributed by atoms with Gasteiger partial charge in [0.25, 0.3) is 5.91 Å². The van der Waals surface area contributed by atoms with Crippen LogP contribution < -0.4 is 10.5 Å². The maximum absolute atomic E-state index is 14.0. The number of benzene rings is 1. The lowest BCUT2D eigenvalue weighted by molar-refractivity contribution is -0.141. The average Bonchev–Trinajstić information content (AvgIpc) is 3.27. The highest BCUT2D eigenvalue weighted by Gasteiger charge is 2.28. The van der Waals surface area contributed by atoms with Crippen molar-refractivity contribution in [1.82, 2.24) is 9.88 Å². The number of carbonyl (C=O) groups excluding carboxylic acids is 1. The molecule has 2 aromatic heterocycles. The second-order valence-electron chi connectivity index (χ2n) is 8.83. The van der Waals surface area contributed by atoms with Gasteiger partial charge in [-0.05, 0) is 37.0 Å². The molecule has 1 aromatic carbocycles. The molecule has 1 aliphatic rings. The number of nitrogens with zero attached hydrogens (tertiary/aromatic N) is 2. The van der Waals surface area contributed by atoms with Gasteiger partial charge in [0.2, 0.25) is 5.75 Å². The van der Waals surface area contributed by atoms with Crippen molar-refractivity contribution in [2.45, 2.75) is 39.4 Å². The number of aliphatic hydroxyl groups is 1. The summed E-state index contributed by atoms with van der Waals surface area (Å²) in [7, 11) is 0. The SMILES string of the molecule is CC(Oc1c(N)ncc2c(C3=CCN(C(=O)C(O)C(C)C)CC3)coc12)c1c(Cl)ccc(F)c1Cl. The molecule has 0 bridgehead atoms. The summed E-state index contributed by atoms with van der Waals surface area (Å²) < 4.78 is 25.9.